The molecule has 2 aromatic carbocycles. The van der Waals surface area contributed by atoms with Gasteiger partial charge in [-0.05, 0) is 36.4 Å². The lowest BCUT2D eigenvalue weighted by Gasteiger charge is -2.15. The molecule has 0 radical (unpaired) electrons. The number of imidazole rings is 1. The van der Waals surface area contributed by atoms with Gasteiger partial charge in [0.2, 0.25) is 5.95 Å². The van der Waals surface area contributed by atoms with Crippen molar-refractivity contribution in [3.05, 3.63) is 68.9 Å². The molecule has 4 N–H and O–H groups in total. The molecule has 0 aliphatic carbocycles. The van der Waals surface area contributed by atoms with Gasteiger partial charge in [0.1, 0.15) is 35.7 Å². The summed E-state index contributed by atoms with van der Waals surface area (Å²) in [6, 6.07) is 10.8. The van der Waals surface area contributed by atoms with Crippen LogP contribution in [0.15, 0.2) is 57.2 Å². The maximum absolute atomic E-state index is 13.0. The topological polar surface area (TPSA) is 165 Å². The molecular weight excluding hydrogens is 484 g/mol. The number of methoxy groups -OCH3 is 1. The number of nitrogens with one attached hydrogen (secondary N) is 1. The zero-order valence-electron chi connectivity index (χ0n) is 20.3. The SMILES string of the molecule is COc1ccc(OCC(O)Cn2c(N/N=C/c3ccc(O)cc3O)nc3c2c(=O)n(C)c(=O)n3C)cc1. The van der Waals surface area contributed by atoms with Crippen LogP contribution in [0.2, 0.25) is 0 Å². The van der Waals surface area contributed by atoms with Gasteiger partial charge >= 0.3 is 5.69 Å². The van der Waals surface area contributed by atoms with E-state index in [9.17, 15) is 24.9 Å². The summed E-state index contributed by atoms with van der Waals surface area (Å²) in [5.41, 5.74) is 2.03. The van der Waals surface area contributed by atoms with Crippen molar-refractivity contribution < 1.29 is 24.8 Å². The van der Waals surface area contributed by atoms with E-state index in [1.54, 1.807) is 31.4 Å². The molecule has 4 aromatic rings. The van der Waals surface area contributed by atoms with Crippen LogP contribution in [0.1, 0.15) is 5.56 Å². The Kier molecular flexibility index (Phi) is 7.15. The van der Waals surface area contributed by atoms with Crippen molar-refractivity contribution in [2.24, 2.45) is 19.2 Å². The van der Waals surface area contributed by atoms with Crippen LogP contribution in [-0.4, -0.2) is 60.0 Å². The molecule has 13 nitrogen and oxygen atoms in total. The molecule has 1 unspecified atom stereocenters. The summed E-state index contributed by atoms with van der Waals surface area (Å²) < 4.78 is 14.3. The molecule has 194 valence electrons. The van der Waals surface area contributed by atoms with Crippen molar-refractivity contribution in [2.45, 2.75) is 12.6 Å². The minimum absolute atomic E-state index is 0.0753. The van der Waals surface area contributed by atoms with Crippen LogP contribution in [-0.2, 0) is 20.6 Å². The lowest BCUT2D eigenvalue weighted by Crippen LogP contribution is -2.38. The van der Waals surface area contributed by atoms with E-state index in [1.807, 2.05) is 0 Å². The van der Waals surface area contributed by atoms with Crippen LogP contribution in [0.5, 0.6) is 23.0 Å². The third kappa shape index (κ3) is 5.26. The number of aryl methyl sites for hydroxylation is 1. The Morgan fingerprint density at radius 3 is 2.46 bits per heavy atom. The first-order valence-corrected chi connectivity index (χ1v) is 11.1. The number of hydrogen-bond acceptors (Lipinski definition) is 10. The first kappa shape index (κ1) is 25.3. The quantitative estimate of drug-likeness (QED) is 0.188. The van der Waals surface area contributed by atoms with E-state index in [2.05, 4.69) is 15.5 Å². The Hall–Kier alpha value is -4.78. The Morgan fingerprint density at radius 1 is 1.08 bits per heavy atom. The summed E-state index contributed by atoms with van der Waals surface area (Å²) in [5, 5.41) is 34.2. The summed E-state index contributed by atoms with van der Waals surface area (Å²) in [4.78, 5) is 29.7. The van der Waals surface area contributed by atoms with Gasteiger partial charge < -0.3 is 29.4 Å². The number of fused-ring (bicyclic) bond motifs is 1. The van der Waals surface area contributed by atoms with E-state index in [0.717, 1.165) is 10.6 Å². The maximum atomic E-state index is 13.0. The van der Waals surface area contributed by atoms with Crippen molar-refractivity contribution in [2.75, 3.05) is 19.1 Å². The summed E-state index contributed by atoms with van der Waals surface area (Å²) in [5.74, 6) is 0.959. The zero-order valence-corrected chi connectivity index (χ0v) is 20.3. The molecule has 0 spiro atoms. The van der Waals surface area contributed by atoms with E-state index < -0.39 is 17.4 Å². The molecule has 2 aromatic heterocycles. The number of ether oxygens (including phenoxy) is 2. The molecular formula is C24H26N6O7. The van der Waals surface area contributed by atoms with Crippen LogP contribution in [0.25, 0.3) is 11.2 Å². The molecule has 13 heteroatoms. The predicted molar refractivity (Wildman–Crippen MR) is 136 cm³/mol. The standard InChI is InChI=1S/C24H26N6O7/c1-28-21-20(22(34)29(2)24(28)35)30(12-16(32)13-37-18-8-6-17(36-3)7-9-18)23(26-21)27-25-11-14-4-5-15(31)10-19(14)33/h4-11,16,31-33H,12-13H2,1-3H3,(H,26,27)/b25-11+. The summed E-state index contributed by atoms with van der Waals surface area (Å²) in [6.07, 6.45) is 0.228. The minimum Gasteiger partial charge on any atom is -0.508 e. The largest absolute Gasteiger partial charge is 0.508 e. The van der Waals surface area contributed by atoms with Crippen LogP contribution in [0, 0.1) is 0 Å². The minimum atomic E-state index is -1.06. The second-order valence-electron chi connectivity index (χ2n) is 8.18. The van der Waals surface area contributed by atoms with E-state index in [0.29, 0.717) is 17.1 Å². The molecule has 0 amide bonds. The summed E-state index contributed by atoms with van der Waals surface area (Å²) >= 11 is 0. The van der Waals surface area contributed by atoms with Gasteiger partial charge in [-0.2, -0.15) is 10.1 Å². The van der Waals surface area contributed by atoms with Gasteiger partial charge in [0.25, 0.3) is 5.56 Å². The zero-order chi connectivity index (χ0) is 26.7. The fourth-order valence-corrected chi connectivity index (χ4v) is 3.64. The number of rotatable bonds is 9. The molecule has 0 aliphatic heterocycles. The number of phenols is 2. The average molecular weight is 511 g/mol. The normalized spacial score (nSPS) is 12.2. The highest BCUT2D eigenvalue weighted by Gasteiger charge is 2.21. The van der Waals surface area contributed by atoms with Crippen LogP contribution in [0.4, 0.5) is 5.95 Å². The number of nitrogens with zero attached hydrogens (tertiary/aromatic N) is 5. The predicted octanol–water partition coefficient (Wildman–Crippen LogP) is 0.739. The van der Waals surface area contributed by atoms with Crippen molar-refractivity contribution in [3.8, 4) is 23.0 Å². The third-order valence-electron chi connectivity index (χ3n) is 5.63. The molecule has 4 rings (SSSR count). The molecule has 0 bridgehead atoms. The molecule has 0 aliphatic rings. The Balaban J connectivity index is 1.63. The first-order valence-electron chi connectivity index (χ1n) is 11.1. The summed E-state index contributed by atoms with van der Waals surface area (Å²) in [7, 11) is 4.38. The van der Waals surface area contributed by atoms with Crippen LogP contribution < -0.4 is 26.1 Å². The van der Waals surface area contributed by atoms with Gasteiger partial charge in [-0.15, -0.1) is 0 Å². The summed E-state index contributed by atoms with van der Waals surface area (Å²) in [6.45, 7) is -0.204. The van der Waals surface area contributed by atoms with E-state index in [1.165, 1.54) is 41.6 Å². The molecule has 1 atom stereocenters. The first-order chi connectivity index (χ1) is 17.7. The van der Waals surface area contributed by atoms with Crippen molar-refractivity contribution in [3.63, 3.8) is 0 Å². The highest BCUT2D eigenvalue weighted by atomic mass is 16.5. The van der Waals surface area contributed by atoms with Gasteiger partial charge in [-0.25, -0.2) is 10.2 Å². The second-order valence-corrected chi connectivity index (χ2v) is 8.18. The lowest BCUT2D eigenvalue weighted by atomic mass is 10.2. The monoisotopic (exact) mass is 510 g/mol. The Bertz CT molecular complexity index is 1570. The van der Waals surface area contributed by atoms with Crippen LogP contribution >= 0.6 is 0 Å². The van der Waals surface area contributed by atoms with Gasteiger partial charge in [0.15, 0.2) is 11.2 Å². The van der Waals surface area contributed by atoms with Crippen molar-refractivity contribution >= 4 is 23.3 Å². The number of aliphatic hydroxyl groups excluding tert-OH is 1. The molecule has 0 fully saturated rings. The molecule has 0 saturated heterocycles. The number of aromatic nitrogens is 4. The molecule has 2 heterocycles. The second kappa shape index (κ2) is 10.5. The number of hydrazone groups is 1. The number of aliphatic hydroxyl groups is 1. The number of aromatic hydroxyl groups is 2. The molecule has 0 saturated carbocycles. The molecule has 37 heavy (non-hydrogen) atoms. The third-order valence-corrected chi connectivity index (χ3v) is 5.63. The lowest BCUT2D eigenvalue weighted by molar-refractivity contribution is 0.0938. The highest BCUT2D eigenvalue weighted by molar-refractivity contribution is 5.84. The van der Waals surface area contributed by atoms with Crippen molar-refractivity contribution in [1.29, 1.82) is 0 Å². The smallest absolute Gasteiger partial charge is 0.332 e. The Morgan fingerprint density at radius 2 is 1.78 bits per heavy atom. The van der Waals surface area contributed by atoms with Crippen molar-refractivity contribution in [1.82, 2.24) is 18.7 Å². The van der Waals surface area contributed by atoms with E-state index >= 15 is 0 Å². The highest BCUT2D eigenvalue weighted by Crippen LogP contribution is 2.22. The van der Waals surface area contributed by atoms with Crippen LogP contribution in [0.3, 0.4) is 0 Å². The number of benzene rings is 2. The van der Waals surface area contributed by atoms with E-state index in [-0.39, 0.29) is 41.8 Å². The fourth-order valence-electron chi connectivity index (χ4n) is 3.64. The number of hydrogen-bond donors (Lipinski definition) is 4. The van der Waals surface area contributed by atoms with E-state index in [4.69, 9.17) is 9.47 Å². The average Bonchev–Trinajstić information content (AvgIpc) is 3.24. The Labute approximate surface area is 210 Å². The fraction of sp³-hybridized carbons (Fsp3) is 0.250. The van der Waals surface area contributed by atoms with Gasteiger partial charge in [0, 0.05) is 25.7 Å². The maximum Gasteiger partial charge on any atom is 0.332 e. The number of phenolic OH excluding ortho intramolecular Hbond substituents is 2. The van der Waals surface area contributed by atoms with Gasteiger partial charge in [0.05, 0.1) is 19.9 Å². The van der Waals surface area contributed by atoms with Gasteiger partial charge in [-0.3, -0.25) is 13.9 Å². The van der Waals surface area contributed by atoms with Gasteiger partial charge in [-0.1, -0.05) is 0 Å². The number of anilines is 1.